The van der Waals surface area contributed by atoms with Gasteiger partial charge in [0.25, 0.3) is 5.56 Å². The first-order valence-electron chi connectivity index (χ1n) is 11.7. The number of fused-ring (bicyclic) bond motifs is 1. The molecule has 2 fully saturated rings. The van der Waals surface area contributed by atoms with E-state index in [9.17, 15) is 13.2 Å². The van der Waals surface area contributed by atoms with Crippen LogP contribution in [0.15, 0.2) is 46.2 Å². The molecule has 1 aliphatic heterocycles. The van der Waals surface area contributed by atoms with Gasteiger partial charge in [-0.25, -0.2) is 13.4 Å². The van der Waals surface area contributed by atoms with Gasteiger partial charge < -0.3 is 15.1 Å². The van der Waals surface area contributed by atoms with Crippen molar-refractivity contribution in [3.63, 3.8) is 0 Å². The van der Waals surface area contributed by atoms with Crippen LogP contribution in [0.1, 0.15) is 31.7 Å². The molecule has 1 saturated heterocycles. The first-order valence-corrected chi connectivity index (χ1v) is 13.6. The van der Waals surface area contributed by atoms with Gasteiger partial charge in [-0.3, -0.25) is 9.36 Å². The second kappa shape index (κ2) is 8.99. The number of anilines is 3. The molecule has 1 aromatic carbocycles. The average molecular weight is 483 g/mol. The highest BCUT2D eigenvalue weighted by molar-refractivity contribution is 7.90. The predicted molar refractivity (Wildman–Crippen MR) is 134 cm³/mol. The summed E-state index contributed by atoms with van der Waals surface area (Å²) in [6.45, 7) is 4.11. The minimum absolute atomic E-state index is 0.0534. The van der Waals surface area contributed by atoms with Crippen LogP contribution in [0.25, 0.3) is 11.0 Å². The molecule has 2 aromatic heterocycles. The van der Waals surface area contributed by atoms with Crippen LogP contribution >= 0.6 is 0 Å². The largest absolute Gasteiger partial charge is 0.369 e. The lowest BCUT2D eigenvalue weighted by atomic mass is 10.2. The van der Waals surface area contributed by atoms with Crippen LogP contribution in [0.3, 0.4) is 0 Å². The lowest BCUT2D eigenvalue weighted by molar-refractivity contribution is 0.313. The molecule has 0 atom stereocenters. The summed E-state index contributed by atoms with van der Waals surface area (Å²) in [5.41, 5.74) is 2.00. The quantitative estimate of drug-likeness (QED) is 0.593. The third-order valence-corrected chi connectivity index (χ3v) is 7.91. The summed E-state index contributed by atoms with van der Waals surface area (Å²) in [6, 6.07) is 9.51. The summed E-state index contributed by atoms with van der Waals surface area (Å²) in [6.07, 6.45) is 6.35. The maximum Gasteiger partial charge on any atom is 0.271 e. The Morgan fingerprint density at radius 2 is 1.71 bits per heavy atom. The number of nitrogens with zero attached hydrogens (tertiary/aromatic N) is 5. The van der Waals surface area contributed by atoms with Gasteiger partial charge in [0.1, 0.15) is 10.5 Å². The first-order chi connectivity index (χ1) is 16.3. The predicted octanol–water partition coefficient (Wildman–Crippen LogP) is 2.81. The van der Waals surface area contributed by atoms with Crippen LogP contribution in [-0.4, -0.2) is 67.3 Å². The summed E-state index contributed by atoms with van der Waals surface area (Å²) < 4.78 is 26.1. The average Bonchev–Trinajstić information content (AvgIpc) is 3.33. The van der Waals surface area contributed by atoms with Gasteiger partial charge in [-0.1, -0.05) is 12.8 Å². The smallest absolute Gasteiger partial charge is 0.271 e. The van der Waals surface area contributed by atoms with E-state index in [0.717, 1.165) is 63.8 Å². The fraction of sp³-hybridized carbons (Fsp3) is 0.458. The minimum Gasteiger partial charge on any atom is -0.369 e. The van der Waals surface area contributed by atoms with Crippen molar-refractivity contribution in [1.29, 1.82) is 0 Å². The summed E-state index contributed by atoms with van der Waals surface area (Å²) >= 11 is 0. The van der Waals surface area contributed by atoms with E-state index in [4.69, 9.17) is 0 Å². The number of pyridine rings is 1. The lowest BCUT2D eigenvalue weighted by Crippen LogP contribution is -2.44. The second-order valence-corrected chi connectivity index (χ2v) is 11.3. The Hall–Kier alpha value is -2.98. The van der Waals surface area contributed by atoms with E-state index >= 15 is 0 Å². The number of hydrogen-bond acceptors (Lipinski definition) is 8. The fourth-order valence-electron chi connectivity index (χ4n) is 4.87. The van der Waals surface area contributed by atoms with Crippen molar-refractivity contribution in [1.82, 2.24) is 19.4 Å². The zero-order valence-corrected chi connectivity index (χ0v) is 20.4. The van der Waals surface area contributed by atoms with Crippen LogP contribution in [0, 0.1) is 0 Å². The molecule has 0 unspecified atom stereocenters. The number of hydrogen-bond donors (Lipinski definition) is 1. The molecule has 180 valence electrons. The van der Waals surface area contributed by atoms with E-state index in [1.54, 1.807) is 10.8 Å². The minimum atomic E-state index is -3.66. The number of sulfone groups is 1. The topological polar surface area (TPSA) is 100 Å². The van der Waals surface area contributed by atoms with E-state index in [-0.39, 0.29) is 10.9 Å². The number of benzene rings is 1. The van der Waals surface area contributed by atoms with Crippen molar-refractivity contribution >= 4 is 38.2 Å². The molecular formula is C24H30N6O3S. The molecule has 0 bridgehead atoms. The molecule has 34 heavy (non-hydrogen) atoms. The number of rotatable bonds is 5. The monoisotopic (exact) mass is 482 g/mol. The molecule has 2 aliphatic rings. The van der Waals surface area contributed by atoms with Gasteiger partial charge in [-0.05, 0) is 50.2 Å². The SMILES string of the molecule is CN1CCN(c2ccc(Nc3ncc4cc(S(C)(=O)=O)c(=O)n(C5CCCC5)c4n3)cc2)CC1. The number of likely N-dealkylation sites (N-methyl/N-ethyl adjacent to an activating group) is 1. The highest BCUT2D eigenvalue weighted by atomic mass is 32.2. The van der Waals surface area contributed by atoms with Crippen molar-refractivity contribution in [2.45, 2.75) is 36.6 Å². The van der Waals surface area contributed by atoms with Crippen molar-refractivity contribution in [2.75, 3.05) is 49.7 Å². The highest BCUT2D eigenvalue weighted by Gasteiger charge is 2.25. The van der Waals surface area contributed by atoms with E-state index < -0.39 is 15.4 Å². The number of nitrogens with one attached hydrogen (secondary N) is 1. The van der Waals surface area contributed by atoms with Gasteiger partial charge >= 0.3 is 0 Å². The van der Waals surface area contributed by atoms with E-state index in [1.807, 2.05) is 12.1 Å². The van der Waals surface area contributed by atoms with Crippen molar-refractivity contribution < 1.29 is 8.42 Å². The van der Waals surface area contributed by atoms with E-state index in [1.165, 1.54) is 11.8 Å². The van der Waals surface area contributed by atoms with Crippen LogP contribution in [0.2, 0.25) is 0 Å². The van der Waals surface area contributed by atoms with Gasteiger partial charge in [-0.15, -0.1) is 0 Å². The Kier molecular flexibility index (Phi) is 6.03. The summed E-state index contributed by atoms with van der Waals surface area (Å²) in [4.78, 5) is 26.7. The number of aromatic nitrogens is 3. The molecule has 1 aliphatic carbocycles. The summed E-state index contributed by atoms with van der Waals surface area (Å²) in [5, 5.41) is 3.78. The molecule has 1 saturated carbocycles. The molecule has 9 nitrogen and oxygen atoms in total. The highest BCUT2D eigenvalue weighted by Crippen LogP contribution is 2.31. The summed E-state index contributed by atoms with van der Waals surface area (Å²) in [7, 11) is -1.52. The Bertz CT molecular complexity index is 1360. The Balaban J connectivity index is 1.47. The maximum absolute atomic E-state index is 13.2. The Morgan fingerprint density at radius 3 is 2.35 bits per heavy atom. The lowest BCUT2D eigenvalue weighted by Gasteiger charge is -2.34. The molecule has 5 rings (SSSR count). The van der Waals surface area contributed by atoms with Crippen LogP contribution in [-0.2, 0) is 9.84 Å². The second-order valence-electron chi connectivity index (χ2n) is 9.33. The van der Waals surface area contributed by atoms with Gasteiger partial charge in [0.2, 0.25) is 5.95 Å². The van der Waals surface area contributed by atoms with Gasteiger partial charge in [0.05, 0.1) is 0 Å². The van der Waals surface area contributed by atoms with Gasteiger partial charge in [-0.2, -0.15) is 4.98 Å². The first kappa shape index (κ1) is 22.8. The van der Waals surface area contributed by atoms with E-state index in [0.29, 0.717) is 17.0 Å². The van der Waals surface area contributed by atoms with Gasteiger partial charge in [0, 0.05) is 61.4 Å². The fourth-order valence-corrected chi connectivity index (χ4v) is 5.63. The zero-order chi connectivity index (χ0) is 23.9. The van der Waals surface area contributed by atoms with Crippen molar-refractivity contribution in [3.8, 4) is 0 Å². The van der Waals surface area contributed by atoms with Crippen molar-refractivity contribution in [2.24, 2.45) is 0 Å². The molecule has 3 heterocycles. The Morgan fingerprint density at radius 1 is 1.03 bits per heavy atom. The molecule has 0 amide bonds. The third kappa shape index (κ3) is 4.52. The normalized spacial score (nSPS) is 18.0. The van der Waals surface area contributed by atoms with Crippen molar-refractivity contribution in [3.05, 3.63) is 46.9 Å². The zero-order valence-electron chi connectivity index (χ0n) is 19.6. The molecule has 0 spiro atoms. The standard InChI is InChI=1S/C24H30N6O3S/c1-28-11-13-29(14-12-28)19-9-7-18(8-10-19)26-24-25-16-17-15-21(34(2,32)33)23(31)30(22(17)27-24)20-5-3-4-6-20/h7-10,15-16,20H,3-6,11-14H2,1-2H3,(H,25,26,27). The Labute approximate surface area is 199 Å². The molecular weight excluding hydrogens is 452 g/mol. The van der Waals surface area contributed by atoms with Crippen LogP contribution in [0.5, 0.6) is 0 Å². The summed E-state index contributed by atoms with van der Waals surface area (Å²) in [5.74, 6) is 0.373. The molecule has 0 radical (unpaired) electrons. The number of piperazine rings is 1. The van der Waals surface area contributed by atoms with E-state index in [2.05, 4.69) is 44.3 Å². The third-order valence-electron chi connectivity index (χ3n) is 6.82. The molecule has 10 heteroatoms. The van der Waals surface area contributed by atoms with Crippen LogP contribution < -0.4 is 15.8 Å². The molecule has 1 N–H and O–H groups in total. The molecule has 3 aromatic rings. The van der Waals surface area contributed by atoms with Gasteiger partial charge in [0.15, 0.2) is 9.84 Å². The maximum atomic E-state index is 13.2. The van der Waals surface area contributed by atoms with Crippen LogP contribution in [0.4, 0.5) is 17.3 Å².